The van der Waals surface area contributed by atoms with Crippen molar-refractivity contribution in [2.24, 2.45) is 5.73 Å². The number of aryl methyl sites for hydroxylation is 1. The first-order valence-electron chi connectivity index (χ1n) is 9.74. The van der Waals surface area contributed by atoms with Crippen LogP contribution in [0.5, 0.6) is 0 Å². The fourth-order valence-corrected chi connectivity index (χ4v) is 4.66. The fraction of sp³-hybridized carbons (Fsp3) is 0.304. The van der Waals surface area contributed by atoms with E-state index in [1.54, 1.807) is 6.20 Å². The van der Waals surface area contributed by atoms with Gasteiger partial charge in [-0.2, -0.15) is 0 Å². The minimum atomic E-state index is 0.0617. The van der Waals surface area contributed by atoms with Crippen LogP contribution in [0, 0.1) is 6.92 Å². The third-order valence-electron chi connectivity index (χ3n) is 5.16. The number of hydrogen-bond acceptors (Lipinski definition) is 4. The summed E-state index contributed by atoms with van der Waals surface area (Å²) in [6, 6.07) is 14.5. The van der Waals surface area contributed by atoms with Gasteiger partial charge in [0.15, 0.2) is 0 Å². The van der Waals surface area contributed by atoms with Crippen molar-refractivity contribution < 1.29 is 0 Å². The largest absolute Gasteiger partial charge is 0.324 e. The number of aromatic nitrogens is 2. The predicted molar refractivity (Wildman–Crippen MR) is 123 cm³/mol. The van der Waals surface area contributed by atoms with Crippen molar-refractivity contribution in [3.05, 3.63) is 81.7 Å². The number of pyridine rings is 2. The van der Waals surface area contributed by atoms with Crippen LogP contribution in [-0.4, -0.2) is 9.97 Å². The molecular weight excluding hydrogens is 421 g/mol. The maximum Gasteiger partial charge on any atom is 0.148 e. The highest BCUT2D eigenvalue weighted by Crippen LogP contribution is 2.36. The van der Waals surface area contributed by atoms with Gasteiger partial charge in [0, 0.05) is 23.3 Å². The topological polar surface area (TPSA) is 51.8 Å². The van der Waals surface area contributed by atoms with Crippen molar-refractivity contribution in [3.8, 4) is 0 Å². The van der Waals surface area contributed by atoms with Gasteiger partial charge in [0.25, 0.3) is 0 Å². The van der Waals surface area contributed by atoms with Crippen molar-refractivity contribution in [2.75, 3.05) is 0 Å². The van der Waals surface area contributed by atoms with Crippen LogP contribution < -0.4 is 5.73 Å². The van der Waals surface area contributed by atoms with Crippen LogP contribution in [-0.2, 0) is 0 Å². The maximum absolute atomic E-state index is 6.47. The molecule has 2 atom stereocenters. The lowest BCUT2D eigenvalue weighted by Crippen LogP contribution is -2.13. The van der Waals surface area contributed by atoms with Gasteiger partial charge in [0.2, 0.25) is 0 Å². The van der Waals surface area contributed by atoms with E-state index in [1.807, 2.05) is 18.3 Å². The molecule has 152 valence electrons. The van der Waals surface area contributed by atoms with Gasteiger partial charge >= 0.3 is 0 Å². The molecule has 3 rings (SSSR count). The summed E-state index contributed by atoms with van der Waals surface area (Å²) in [6.45, 7) is 4.33. The maximum atomic E-state index is 6.47. The molecule has 0 saturated heterocycles. The van der Waals surface area contributed by atoms with E-state index in [1.165, 1.54) is 28.5 Å². The Kier molecular flexibility index (Phi) is 7.96. The SMILES string of the molecule is CC[C@H](CCC(N)c1ccccc1C)c1ccc(Sc2ccnc(Cl)c2Cl)nc1. The molecule has 3 aromatic rings. The van der Waals surface area contributed by atoms with E-state index in [-0.39, 0.29) is 6.04 Å². The second-order valence-corrected chi connectivity index (χ2v) is 8.89. The summed E-state index contributed by atoms with van der Waals surface area (Å²) < 4.78 is 0. The summed E-state index contributed by atoms with van der Waals surface area (Å²) >= 11 is 13.7. The molecule has 0 saturated carbocycles. The number of halogens is 2. The summed E-state index contributed by atoms with van der Waals surface area (Å²) in [7, 11) is 0. The van der Waals surface area contributed by atoms with E-state index >= 15 is 0 Å². The third kappa shape index (κ3) is 5.73. The number of nitrogens with zero attached hydrogens (tertiary/aromatic N) is 2. The van der Waals surface area contributed by atoms with Crippen molar-refractivity contribution in [2.45, 2.75) is 55.0 Å². The zero-order chi connectivity index (χ0) is 20.8. The molecule has 0 amide bonds. The monoisotopic (exact) mass is 445 g/mol. The zero-order valence-electron chi connectivity index (χ0n) is 16.6. The molecule has 2 aromatic heterocycles. The van der Waals surface area contributed by atoms with Crippen LogP contribution in [0.3, 0.4) is 0 Å². The van der Waals surface area contributed by atoms with Gasteiger partial charge in [-0.1, -0.05) is 72.2 Å². The molecule has 0 spiro atoms. The average Bonchev–Trinajstić information content (AvgIpc) is 2.73. The van der Waals surface area contributed by atoms with Crippen LogP contribution >= 0.6 is 35.0 Å². The second kappa shape index (κ2) is 10.4. The Balaban J connectivity index is 1.64. The lowest BCUT2D eigenvalue weighted by Gasteiger charge is -2.19. The summed E-state index contributed by atoms with van der Waals surface area (Å²) in [5, 5.41) is 1.65. The summed E-state index contributed by atoms with van der Waals surface area (Å²) in [5.74, 6) is 0.440. The number of nitrogens with two attached hydrogens (primary N) is 1. The molecule has 0 aliphatic carbocycles. The smallest absolute Gasteiger partial charge is 0.148 e. The van der Waals surface area contributed by atoms with Crippen molar-refractivity contribution in [1.82, 2.24) is 9.97 Å². The Morgan fingerprint density at radius 1 is 1.03 bits per heavy atom. The first kappa shape index (κ1) is 22.1. The van der Waals surface area contributed by atoms with Crippen LogP contribution in [0.4, 0.5) is 0 Å². The molecule has 0 aliphatic rings. The summed E-state index contributed by atoms with van der Waals surface area (Å²) in [5.41, 5.74) is 10.2. The van der Waals surface area contributed by atoms with Gasteiger partial charge in [-0.3, -0.25) is 0 Å². The van der Waals surface area contributed by atoms with E-state index in [9.17, 15) is 0 Å². The summed E-state index contributed by atoms with van der Waals surface area (Å²) in [6.07, 6.45) is 6.65. The highest BCUT2D eigenvalue weighted by molar-refractivity contribution is 7.99. The van der Waals surface area contributed by atoms with E-state index in [4.69, 9.17) is 28.9 Å². The van der Waals surface area contributed by atoms with Gasteiger partial charge in [-0.05, 0) is 60.9 Å². The lowest BCUT2D eigenvalue weighted by atomic mass is 9.89. The predicted octanol–water partition coefficient (Wildman–Crippen LogP) is 7.22. The Labute approximate surface area is 187 Å². The standard InChI is InChI=1S/C23H25Cl2N3S/c1-3-16(8-10-19(26)18-7-5-4-6-15(18)2)17-9-11-21(28-14-17)29-20-12-13-27-23(25)22(20)24/h4-7,9,11-14,16,19H,3,8,10,26H2,1-2H3/t16-,19?/m1/s1. The van der Waals surface area contributed by atoms with Gasteiger partial charge in [-0.25, -0.2) is 9.97 Å². The molecule has 6 heteroatoms. The van der Waals surface area contributed by atoms with Gasteiger partial charge < -0.3 is 5.73 Å². The molecule has 0 radical (unpaired) electrons. The highest BCUT2D eigenvalue weighted by atomic mass is 35.5. The molecular formula is C23H25Cl2N3S. The molecule has 2 N–H and O–H groups in total. The molecule has 3 nitrogen and oxygen atoms in total. The highest BCUT2D eigenvalue weighted by Gasteiger charge is 2.15. The molecule has 0 bridgehead atoms. The molecule has 0 aliphatic heterocycles. The van der Waals surface area contributed by atoms with Crippen molar-refractivity contribution in [1.29, 1.82) is 0 Å². The number of rotatable bonds is 8. The molecule has 2 heterocycles. The lowest BCUT2D eigenvalue weighted by molar-refractivity contribution is 0.522. The van der Waals surface area contributed by atoms with E-state index in [0.717, 1.165) is 29.2 Å². The van der Waals surface area contributed by atoms with Gasteiger partial charge in [0.1, 0.15) is 10.2 Å². The van der Waals surface area contributed by atoms with E-state index in [2.05, 4.69) is 54.1 Å². The zero-order valence-corrected chi connectivity index (χ0v) is 18.9. The van der Waals surface area contributed by atoms with Gasteiger partial charge in [-0.15, -0.1) is 0 Å². The second-order valence-electron chi connectivity index (χ2n) is 7.09. The van der Waals surface area contributed by atoms with Crippen LogP contribution in [0.1, 0.15) is 54.8 Å². The van der Waals surface area contributed by atoms with Crippen LogP contribution in [0.2, 0.25) is 10.2 Å². The van der Waals surface area contributed by atoms with E-state index in [0.29, 0.717) is 16.1 Å². The number of hydrogen-bond donors (Lipinski definition) is 1. The summed E-state index contributed by atoms with van der Waals surface area (Å²) in [4.78, 5) is 9.45. The average molecular weight is 446 g/mol. The molecule has 29 heavy (non-hydrogen) atoms. The Morgan fingerprint density at radius 3 is 2.52 bits per heavy atom. The minimum Gasteiger partial charge on any atom is -0.324 e. The van der Waals surface area contributed by atoms with Gasteiger partial charge in [0.05, 0.1) is 5.02 Å². The Morgan fingerprint density at radius 2 is 1.83 bits per heavy atom. The minimum absolute atomic E-state index is 0.0617. The van der Waals surface area contributed by atoms with Crippen molar-refractivity contribution >= 4 is 35.0 Å². The quantitative estimate of drug-likeness (QED) is 0.371. The third-order valence-corrected chi connectivity index (χ3v) is 7.05. The molecule has 0 fully saturated rings. The Hall–Kier alpha value is -1.59. The van der Waals surface area contributed by atoms with Crippen LogP contribution in [0.15, 0.2) is 64.8 Å². The normalized spacial score (nSPS) is 13.3. The molecule has 1 unspecified atom stereocenters. The molecule has 1 aromatic carbocycles. The van der Waals surface area contributed by atoms with Crippen molar-refractivity contribution in [3.63, 3.8) is 0 Å². The fourth-order valence-electron chi connectivity index (χ4n) is 3.43. The first-order valence-corrected chi connectivity index (χ1v) is 11.3. The Bertz CT molecular complexity index is 947. The number of benzene rings is 1. The van der Waals surface area contributed by atoms with E-state index < -0.39 is 0 Å². The first-order chi connectivity index (χ1) is 14.0. The van der Waals surface area contributed by atoms with Crippen LogP contribution in [0.25, 0.3) is 0 Å².